The predicted octanol–water partition coefficient (Wildman–Crippen LogP) is 4.48. The highest BCUT2D eigenvalue weighted by Crippen LogP contribution is 2.27. The number of rotatable bonds is 4. The normalized spacial score (nSPS) is 14.4. The molecule has 31 heavy (non-hydrogen) atoms. The summed E-state index contributed by atoms with van der Waals surface area (Å²) in [5.74, 6) is -0.285. The molecule has 0 bridgehead atoms. The van der Waals surface area contributed by atoms with Crippen molar-refractivity contribution in [1.82, 2.24) is 9.80 Å². The zero-order chi connectivity index (χ0) is 21.6. The van der Waals surface area contributed by atoms with E-state index in [1.54, 1.807) is 6.07 Å². The third-order valence-electron chi connectivity index (χ3n) is 5.74. The first-order valence-corrected chi connectivity index (χ1v) is 11.1. The van der Waals surface area contributed by atoms with E-state index in [9.17, 15) is 9.59 Å². The van der Waals surface area contributed by atoms with Gasteiger partial charge in [-0.1, -0.05) is 72.8 Å². The summed E-state index contributed by atoms with van der Waals surface area (Å²) in [5, 5.41) is 0. The van der Waals surface area contributed by atoms with Crippen LogP contribution in [0.15, 0.2) is 89.8 Å². The molecule has 0 unspecified atom stereocenters. The summed E-state index contributed by atoms with van der Waals surface area (Å²) < 4.78 is 0. The van der Waals surface area contributed by atoms with Crippen LogP contribution in [0.5, 0.6) is 0 Å². The van der Waals surface area contributed by atoms with E-state index < -0.39 is 0 Å². The lowest BCUT2D eigenvalue weighted by Gasteiger charge is -2.27. The molecule has 0 N–H and O–H groups in total. The molecular formula is C26H26N2O2S. The van der Waals surface area contributed by atoms with Crippen LogP contribution in [0, 0.1) is 0 Å². The maximum Gasteiger partial charge on any atom is 0.255 e. The first kappa shape index (κ1) is 21.2. The van der Waals surface area contributed by atoms with Crippen molar-refractivity contribution in [3.05, 3.63) is 102 Å². The Labute approximate surface area is 188 Å². The molecule has 3 aromatic carbocycles. The highest BCUT2D eigenvalue weighted by molar-refractivity contribution is 7.80. The van der Waals surface area contributed by atoms with Crippen LogP contribution in [0.25, 0.3) is 0 Å². The highest BCUT2D eigenvalue weighted by atomic mass is 32.1. The van der Waals surface area contributed by atoms with Gasteiger partial charge in [0.1, 0.15) is 0 Å². The van der Waals surface area contributed by atoms with Crippen molar-refractivity contribution in [2.75, 3.05) is 26.2 Å². The quantitative estimate of drug-likeness (QED) is 0.620. The van der Waals surface area contributed by atoms with E-state index in [-0.39, 0.29) is 17.7 Å². The average molecular weight is 431 g/mol. The van der Waals surface area contributed by atoms with Crippen LogP contribution in [0.2, 0.25) is 0 Å². The van der Waals surface area contributed by atoms with Crippen molar-refractivity contribution in [3.63, 3.8) is 0 Å². The fourth-order valence-electron chi connectivity index (χ4n) is 4.12. The minimum atomic E-state index is -0.345. The van der Waals surface area contributed by atoms with Crippen molar-refractivity contribution in [2.45, 2.75) is 17.2 Å². The van der Waals surface area contributed by atoms with Gasteiger partial charge in [0.2, 0.25) is 5.91 Å². The number of carbonyl (C=O) groups is 2. The number of hydrogen-bond donors (Lipinski definition) is 1. The van der Waals surface area contributed by atoms with Crippen molar-refractivity contribution in [1.29, 1.82) is 0 Å². The van der Waals surface area contributed by atoms with E-state index in [0.29, 0.717) is 36.6 Å². The van der Waals surface area contributed by atoms with E-state index in [0.717, 1.165) is 17.5 Å². The Balaban J connectivity index is 1.53. The zero-order valence-corrected chi connectivity index (χ0v) is 18.2. The Kier molecular flexibility index (Phi) is 6.73. The van der Waals surface area contributed by atoms with Gasteiger partial charge in [-0.2, -0.15) is 0 Å². The van der Waals surface area contributed by atoms with Gasteiger partial charge >= 0.3 is 0 Å². The topological polar surface area (TPSA) is 40.6 Å². The molecule has 5 heteroatoms. The van der Waals surface area contributed by atoms with E-state index in [4.69, 9.17) is 0 Å². The lowest BCUT2D eigenvalue weighted by Crippen LogP contribution is -2.39. The fraction of sp³-hybridized carbons (Fsp3) is 0.231. The zero-order valence-electron chi connectivity index (χ0n) is 17.4. The molecule has 1 aliphatic rings. The number of carbonyl (C=O) groups excluding carboxylic acids is 2. The second-order valence-corrected chi connectivity index (χ2v) is 8.22. The summed E-state index contributed by atoms with van der Waals surface area (Å²) in [4.78, 5) is 31.1. The van der Waals surface area contributed by atoms with Gasteiger partial charge in [0, 0.05) is 31.1 Å². The van der Waals surface area contributed by atoms with Crippen molar-refractivity contribution in [3.8, 4) is 0 Å². The molecule has 0 atom stereocenters. The first-order chi connectivity index (χ1) is 15.1. The molecule has 2 amide bonds. The predicted molar refractivity (Wildman–Crippen MR) is 126 cm³/mol. The standard InChI is InChI=1S/C26H26N2O2S/c29-25(22-14-7-8-15-23(22)31)27-16-9-17-28(19-18-27)26(30)24(20-10-3-1-4-11-20)21-12-5-2-6-13-21/h1-8,10-15,24,31H,9,16-19H2. The summed E-state index contributed by atoms with van der Waals surface area (Å²) in [6.45, 7) is 2.31. The molecule has 4 rings (SSSR count). The molecule has 158 valence electrons. The van der Waals surface area contributed by atoms with Crippen LogP contribution in [-0.2, 0) is 4.79 Å². The van der Waals surface area contributed by atoms with Crippen LogP contribution in [-0.4, -0.2) is 47.8 Å². The number of nitrogens with zero attached hydrogens (tertiary/aromatic N) is 2. The minimum absolute atomic E-state index is 0.0254. The second kappa shape index (κ2) is 9.84. The lowest BCUT2D eigenvalue weighted by molar-refractivity contribution is -0.131. The molecule has 1 fully saturated rings. The molecule has 1 heterocycles. The van der Waals surface area contributed by atoms with Crippen molar-refractivity contribution < 1.29 is 9.59 Å². The Bertz CT molecular complexity index is 1000. The summed E-state index contributed by atoms with van der Waals surface area (Å²) >= 11 is 4.43. The maximum atomic E-state index is 13.7. The smallest absolute Gasteiger partial charge is 0.255 e. The largest absolute Gasteiger partial charge is 0.340 e. The molecule has 4 nitrogen and oxygen atoms in total. The van der Waals surface area contributed by atoms with Crippen LogP contribution in [0.4, 0.5) is 0 Å². The second-order valence-electron chi connectivity index (χ2n) is 7.74. The molecule has 1 saturated heterocycles. The lowest BCUT2D eigenvalue weighted by atomic mass is 9.90. The average Bonchev–Trinajstić information content (AvgIpc) is 3.07. The van der Waals surface area contributed by atoms with Gasteiger partial charge in [-0.15, -0.1) is 12.6 Å². The number of benzene rings is 3. The number of hydrogen-bond acceptors (Lipinski definition) is 3. The molecule has 0 saturated carbocycles. The highest BCUT2D eigenvalue weighted by Gasteiger charge is 2.30. The van der Waals surface area contributed by atoms with Crippen molar-refractivity contribution in [2.24, 2.45) is 0 Å². The molecule has 0 spiro atoms. The maximum absolute atomic E-state index is 13.7. The molecule has 0 aliphatic carbocycles. The van der Waals surface area contributed by atoms with Crippen LogP contribution < -0.4 is 0 Å². The summed E-state index contributed by atoms with van der Waals surface area (Å²) in [6, 6.07) is 27.2. The Morgan fingerprint density at radius 2 is 1.19 bits per heavy atom. The van der Waals surface area contributed by atoms with Gasteiger partial charge in [0.25, 0.3) is 5.91 Å². The SMILES string of the molecule is O=C(c1ccccc1S)N1CCCN(C(=O)C(c2ccccc2)c2ccccc2)CC1. The monoisotopic (exact) mass is 430 g/mol. The Morgan fingerprint density at radius 3 is 1.81 bits per heavy atom. The van der Waals surface area contributed by atoms with E-state index in [1.807, 2.05) is 88.7 Å². The van der Waals surface area contributed by atoms with E-state index in [2.05, 4.69) is 12.6 Å². The minimum Gasteiger partial charge on any atom is -0.340 e. The summed E-state index contributed by atoms with van der Waals surface area (Å²) in [7, 11) is 0. The third-order valence-corrected chi connectivity index (χ3v) is 6.13. The molecule has 0 aromatic heterocycles. The van der Waals surface area contributed by atoms with Crippen LogP contribution in [0.1, 0.15) is 33.8 Å². The van der Waals surface area contributed by atoms with Crippen LogP contribution >= 0.6 is 12.6 Å². The Hall–Kier alpha value is -3.05. The van der Waals surface area contributed by atoms with Gasteiger partial charge in [0.15, 0.2) is 0 Å². The molecule has 3 aromatic rings. The van der Waals surface area contributed by atoms with Gasteiger partial charge < -0.3 is 9.80 Å². The molecule has 0 radical (unpaired) electrons. The van der Waals surface area contributed by atoms with Gasteiger partial charge in [-0.3, -0.25) is 9.59 Å². The van der Waals surface area contributed by atoms with Crippen molar-refractivity contribution >= 4 is 24.4 Å². The Morgan fingerprint density at radius 1 is 0.677 bits per heavy atom. The third kappa shape index (κ3) is 4.83. The molecular weight excluding hydrogens is 404 g/mol. The summed E-state index contributed by atoms with van der Waals surface area (Å²) in [5.41, 5.74) is 2.58. The number of amides is 2. The summed E-state index contributed by atoms with van der Waals surface area (Å²) in [6.07, 6.45) is 0.752. The first-order valence-electron chi connectivity index (χ1n) is 10.6. The fourth-order valence-corrected chi connectivity index (χ4v) is 4.37. The van der Waals surface area contributed by atoms with Gasteiger partial charge in [-0.05, 0) is 29.7 Å². The van der Waals surface area contributed by atoms with Gasteiger partial charge in [-0.25, -0.2) is 0 Å². The number of thiol groups is 1. The van der Waals surface area contributed by atoms with E-state index in [1.165, 1.54) is 0 Å². The van der Waals surface area contributed by atoms with Gasteiger partial charge in [0.05, 0.1) is 11.5 Å². The van der Waals surface area contributed by atoms with E-state index >= 15 is 0 Å². The van der Waals surface area contributed by atoms with Crippen LogP contribution in [0.3, 0.4) is 0 Å². The molecule has 1 aliphatic heterocycles.